The second kappa shape index (κ2) is 7.53. The zero-order chi connectivity index (χ0) is 14.4. The fourth-order valence-corrected chi connectivity index (χ4v) is 2.64. The molecule has 1 aliphatic rings. The summed E-state index contributed by atoms with van der Waals surface area (Å²) >= 11 is 0. The second-order valence-corrected chi connectivity index (χ2v) is 5.94. The van der Waals surface area contributed by atoms with E-state index in [1.54, 1.807) is 0 Å². The first kappa shape index (κ1) is 15.2. The van der Waals surface area contributed by atoms with Crippen molar-refractivity contribution in [3.63, 3.8) is 0 Å². The topological polar surface area (TPSA) is 33.3 Å². The fraction of sp³-hybridized carbons (Fsp3) is 0.647. The lowest BCUT2D eigenvalue weighted by Crippen LogP contribution is -2.44. The third kappa shape index (κ3) is 4.71. The molecule has 0 aromatic heterocycles. The van der Waals surface area contributed by atoms with Gasteiger partial charge in [0.15, 0.2) is 0 Å². The summed E-state index contributed by atoms with van der Waals surface area (Å²) in [7, 11) is 0. The van der Waals surface area contributed by atoms with Gasteiger partial charge in [-0.2, -0.15) is 0 Å². The summed E-state index contributed by atoms with van der Waals surface area (Å²) in [5.74, 6) is 0.953. The number of anilines is 1. The van der Waals surface area contributed by atoms with Crippen LogP contribution in [0, 0.1) is 0 Å². The lowest BCUT2D eigenvalue weighted by atomic mass is 9.99. The van der Waals surface area contributed by atoms with E-state index in [2.05, 4.69) is 49.6 Å². The van der Waals surface area contributed by atoms with Crippen LogP contribution in [-0.4, -0.2) is 24.7 Å². The molecule has 1 aromatic rings. The molecule has 3 heteroatoms. The van der Waals surface area contributed by atoms with E-state index in [0.29, 0.717) is 12.1 Å². The Labute approximate surface area is 123 Å². The molecule has 112 valence electrons. The highest BCUT2D eigenvalue weighted by Gasteiger charge is 2.17. The first-order valence-corrected chi connectivity index (χ1v) is 7.94. The molecule has 3 nitrogen and oxygen atoms in total. The SMILES string of the molecule is CCC(C)Oc1cccc(NCC2CCCC(C)N2)c1. The maximum Gasteiger partial charge on any atom is 0.121 e. The Balaban J connectivity index is 1.84. The van der Waals surface area contributed by atoms with Crippen molar-refractivity contribution < 1.29 is 4.74 Å². The Morgan fingerprint density at radius 1 is 1.40 bits per heavy atom. The Bertz CT molecular complexity index is 408. The summed E-state index contributed by atoms with van der Waals surface area (Å²) in [4.78, 5) is 0. The third-order valence-corrected chi connectivity index (χ3v) is 4.01. The van der Waals surface area contributed by atoms with Crippen molar-refractivity contribution in [3.8, 4) is 5.75 Å². The first-order valence-electron chi connectivity index (χ1n) is 7.94. The number of benzene rings is 1. The Morgan fingerprint density at radius 3 is 3.00 bits per heavy atom. The van der Waals surface area contributed by atoms with Gasteiger partial charge in [0.25, 0.3) is 0 Å². The fourth-order valence-electron chi connectivity index (χ4n) is 2.64. The number of rotatable bonds is 6. The molecule has 20 heavy (non-hydrogen) atoms. The van der Waals surface area contributed by atoms with Crippen molar-refractivity contribution in [1.29, 1.82) is 0 Å². The average molecular weight is 276 g/mol. The van der Waals surface area contributed by atoms with Crippen LogP contribution in [0.15, 0.2) is 24.3 Å². The highest BCUT2D eigenvalue weighted by atomic mass is 16.5. The van der Waals surface area contributed by atoms with Crippen molar-refractivity contribution in [3.05, 3.63) is 24.3 Å². The van der Waals surface area contributed by atoms with E-state index < -0.39 is 0 Å². The molecule has 0 bridgehead atoms. The van der Waals surface area contributed by atoms with E-state index in [0.717, 1.165) is 24.4 Å². The molecule has 1 saturated heterocycles. The predicted octanol–water partition coefficient (Wildman–Crippen LogP) is 3.81. The molecule has 1 heterocycles. The number of hydrogen-bond acceptors (Lipinski definition) is 3. The Hall–Kier alpha value is -1.22. The summed E-state index contributed by atoms with van der Waals surface area (Å²) in [5.41, 5.74) is 1.14. The van der Waals surface area contributed by atoms with Gasteiger partial charge in [0.05, 0.1) is 6.10 Å². The molecule has 2 rings (SSSR count). The lowest BCUT2D eigenvalue weighted by Gasteiger charge is -2.29. The minimum Gasteiger partial charge on any atom is -0.491 e. The van der Waals surface area contributed by atoms with Gasteiger partial charge in [0.1, 0.15) is 5.75 Å². The van der Waals surface area contributed by atoms with Crippen LogP contribution in [0.4, 0.5) is 5.69 Å². The minimum atomic E-state index is 0.270. The average Bonchev–Trinajstić information content (AvgIpc) is 2.45. The first-order chi connectivity index (χ1) is 9.67. The van der Waals surface area contributed by atoms with E-state index in [1.165, 1.54) is 19.3 Å². The van der Waals surface area contributed by atoms with Crippen LogP contribution in [0.5, 0.6) is 5.75 Å². The van der Waals surface area contributed by atoms with Crippen molar-refractivity contribution in [2.45, 2.75) is 64.6 Å². The van der Waals surface area contributed by atoms with Gasteiger partial charge in [-0.1, -0.05) is 19.4 Å². The van der Waals surface area contributed by atoms with Crippen LogP contribution >= 0.6 is 0 Å². The molecule has 0 saturated carbocycles. The largest absolute Gasteiger partial charge is 0.491 e. The number of nitrogens with one attached hydrogen (secondary N) is 2. The normalized spacial score (nSPS) is 24.1. The molecular weight excluding hydrogens is 248 g/mol. The molecule has 2 N–H and O–H groups in total. The summed E-state index contributed by atoms with van der Waals surface area (Å²) in [6.45, 7) is 7.50. The van der Waals surface area contributed by atoms with Crippen LogP contribution < -0.4 is 15.4 Å². The predicted molar refractivity (Wildman–Crippen MR) is 85.5 cm³/mol. The smallest absolute Gasteiger partial charge is 0.121 e. The molecule has 1 aromatic carbocycles. The van der Waals surface area contributed by atoms with Gasteiger partial charge in [0, 0.05) is 30.4 Å². The van der Waals surface area contributed by atoms with Gasteiger partial charge in [-0.3, -0.25) is 0 Å². The van der Waals surface area contributed by atoms with Gasteiger partial charge in [-0.25, -0.2) is 0 Å². The molecule has 3 atom stereocenters. The van der Waals surface area contributed by atoms with Gasteiger partial charge >= 0.3 is 0 Å². The Morgan fingerprint density at radius 2 is 2.25 bits per heavy atom. The Kier molecular flexibility index (Phi) is 5.72. The van der Waals surface area contributed by atoms with Gasteiger partial charge in [-0.15, -0.1) is 0 Å². The van der Waals surface area contributed by atoms with Crippen molar-refractivity contribution >= 4 is 5.69 Å². The lowest BCUT2D eigenvalue weighted by molar-refractivity contribution is 0.217. The highest BCUT2D eigenvalue weighted by molar-refractivity contribution is 5.48. The van der Waals surface area contributed by atoms with Gasteiger partial charge in [-0.05, 0) is 45.2 Å². The molecule has 0 aliphatic carbocycles. The quantitative estimate of drug-likeness (QED) is 0.829. The van der Waals surface area contributed by atoms with Crippen LogP contribution in [0.1, 0.15) is 46.5 Å². The minimum absolute atomic E-state index is 0.270. The maximum absolute atomic E-state index is 5.86. The number of piperidine rings is 1. The molecule has 3 unspecified atom stereocenters. The number of ether oxygens (including phenoxy) is 1. The van der Waals surface area contributed by atoms with E-state index in [1.807, 2.05) is 6.07 Å². The van der Waals surface area contributed by atoms with Gasteiger partial charge < -0.3 is 15.4 Å². The van der Waals surface area contributed by atoms with Crippen molar-refractivity contribution in [1.82, 2.24) is 5.32 Å². The number of hydrogen-bond donors (Lipinski definition) is 2. The molecule has 0 radical (unpaired) electrons. The van der Waals surface area contributed by atoms with Crippen LogP contribution in [-0.2, 0) is 0 Å². The molecule has 1 fully saturated rings. The van der Waals surface area contributed by atoms with E-state index in [4.69, 9.17) is 4.74 Å². The third-order valence-electron chi connectivity index (χ3n) is 4.01. The molecule has 1 aliphatic heterocycles. The summed E-state index contributed by atoms with van der Waals surface area (Å²) in [5, 5.41) is 7.17. The molecule has 0 amide bonds. The highest BCUT2D eigenvalue weighted by Crippen LogP contribution is 2.20. The van der Waals surface area contributed by atoms with Crippen LogP contribution in [0.2, 0.25) is 0 Å². The van der Waals surface area contributed by atoms with Crippen LogP contribution in [0.25, 0.3) is 0 Å². The summed E-state index contributed by atoms with van der Waals surface area (Å²) in [6, 6.07) is 9.51. The molecule has 0 spiro atoms. The van der Waals surface area contributed by atoms with Gasteiger partial charge in [0.2, 0.25) is 0 Å². The second-order valence-electron chi connectivity index (χ2n) is 5.94. The van der Waals surface area contributed by atoms with E-state index in [-0.39, 0.29) is 6.10 Å². The molecular formula is C17H28N2O. The summed E-state index contributed by atoms with van der Waals surface area (Å²) in [6.07, 6.45) is 5.19. The standard InChI is InChI=1S/C17H28N2O/c1-4-14(3)20-17-10-6-8-15(11-17)18-12-16-9-5-7-13(2)19-16/h6,8,10-11,13-14,16,18-19H,4-5,7,9,12H2,1-3H3. The van der Waals surface area contributed by atoms with Crippen LogP contribution in [0.3, 0.4) is 0 Å². The monoisotopic (exact) mass is 276 g/mol. The van der Waals surface area contributed by atoms with E-state index in [9.17, 15) is 0 Å². The zero-order valence-corrected chi connectivity index (χ0v) is 13.0. The van der Waals surface area contributed by atoms with Crippen molar-refractivity contribution in [2.75, 3.05) is 11.9 Å². The zero-order valence-electron chi connectivity index (χ0n) is 13.0. The summed E-state index contributed by atoms with van der Waals surface area (Å²) < 4.78 is 5.86. The van der Waals surface area contributed by atoms with E-state index >= 15 is 0 Å². The van der Waals surface area contributed by atoms with Crippen molar-refractivity contribution in [2.24, 2.45) is 0 Å². The maximum atomic E-state index is 5.86.